The summed E-state index contributed by atoms with van der Waals surface area (Å²) in [5.74, 6) is 0.425. The highest BCUT2D eigenvalue weighted by molar-refractivity contribution is 5.21. The maximum absolute atomic E-state index is 9.98. The fourth-order valence-corrected chi connectivity index (χ4v) is 3.31. The Bertz CT molecular complexity index is 587. The Labute approximate surface area is 177 Å². The van der Waals surface area contributed by atoms with E-state index in [1.54, 1.807) is 6.07 Å². The molecule has 0 spiro atoms. The quantitative estimate of drug-likeness (QED) is 0.235. The fourth-order valence-electron chi connectivity index (χ4n) is 3.31. The Balaban J connectivity index is 2.13. The fraction of sp³-hybridized carbons (Fsp3) is 0.826. The molecule has 29 heavy (non-hydrogen) atoms. The Morgan fingerprint density at radius 3 is 1.93 bits per heavy atom. The van der Waals surface area contributed by atoms with Gasteiger partial charge in [-0.2, -0.15) is 4.98 Å². The molecule has 168 valence electrons. The molecule has 1 aromatic heterocycles. The van der Waals surface area contributed by atoms with E-state index >= 15 is 0 Å². The Kier molecular flexibility index (Phi) is 15.0. The van der Waals surface area contributed by atoms with Crippen molar-refractivity contribution in [3.05, 3.63) is 11.6 Å². The third-order valence-electron chi connectivity index (χ3n) is 5.19. The monoisotopic (exact) mass is 408 g/mol. The largest absolute Gasteiger partial charge is 0.477 e. The summed E-state index contributed by atoms with van der Waals surface area (Å²) in [4.78, 5) is 8.49. The highest BCUT2D eigenvalue weighted by Crippen LogP contribution is 2.12. The molecular weight excluding hydrogens is 364 g/mol. The van der Waals surface area contributed by atoms with Gasteiger partial charge >= 0.3 is 0 Å². The summed E-state index contributed by atoms with van der Waals surface area (Å²) in [6.45, 7) is 5.65. The van der Waals surface area contributed by atoms with Crippen molar-refractivity contribution in [1.29, 1.82) is 0 Å². The van der Waals surface area contributed by atoms with Gasteiger partial charge in [0.05, 0.1) is 6.61 Å². The number of hydrogen-bond donors (Lipinski definition) is 2. The molecule has 0 aliphatic heterocycles. The van der Waals surface area contributed by atoms with E-state index in [0.29, 0.717) is 24.5 Å². The molecular formula is C23H44N4O2. The highest BCUT2D eigenvalue weighted by Gasteiger charge is 2.04. The molecule has 6 heteroatoms. The van der Waals surface area contributed by atoms with Crippen molar-refractivity contribution >= 4 is 5.95 Å². The topological polar surface area (TPSA) is 85.7 Å². The van der Waals surface area contributed by atoms with Crippen molar-refractivity contribution < 1.29 is 9.94 Å². The van der Waals surface area contributed by atoms with E-state index in [4.69, 9.17) is 10.5 Å². The predicted octanol–water partition coefficient (Wildman–Crippen LogP) is 5.87. The lowest BCUT2D eigenvalue weighted by Gasteiger charge is -2.07. The van der Waals surface area contributed by atoms with Gasteiger partial charge in [-0.05, 0) is 12.8 Å². The Hall–Kier alpha value is -1.72. The molecule has 0 unspecified atom stereocenters. The van der Waals surface area contributed by atoms with Crippen molar-refractivity contribution in [2.75, 3.05) is 18.9 Å². The zero-order valence-electron chi connectivity index (χ0n) is 18.9. The summed E-state index contributed by atoms with van der Waals surface area (Å²) >= 11 is 0. The van der Waals surface area contributed by atoms with Gasteiger partial charge in [-0.15, -0.1) is 4.73 Å². The van der Waals surface area contributed by atoms with E-state index in [9.17, 15) is 5.21 Å². The number of nitrogens with two attached hydrogens (primary N) is 1. The molecule has 0 aliphatic rings. The average molecular weight is 409 g/mol. The minimum Gasteiger partial charge on any atom is -0.477 e. The normalized spacial score (nSPS) is 11.9. The zero-order chi connectivity index (χ0) is 21.2. The summed E-state index contributed by atoms with van der Waals surface area (Å²) in [6, 6.07) is 1.65. The average Bonchev–Trinajstić information content (AvgIpc) is 2.71. The van der Waals surface area contributed by atoms with Crippen molar-refractivity contribution in [3.8, 4) is 5.88 Å². The number of unbranched alkanes of at least 4 members (excludes halogenated alkanes) is 13. The second-order valence-corrected chi connectivity index (χ2v) is 7.95. The molecule has 1 rings (SSSR count). The van der Waals surface area contributed by atoms with Gasteiger partial charge in [-0.25, -0.2) is 0 Å². The van der Waals surface area contributed by atoms with E-state index in [0.717, 1.165) is 24.0 Å². The molecule has 3 N–H and O–H groups in total. The van der Waals surface area contributed by atoms with Crippen LogP contribution < -0.4 is 16.0 Å². The summed E-state index contributed by atoms with van der Waals surface area (Å²) in [7, 11) is 0. The molecule has 0 aromatic carbocycles. The van der Waals surface area contributed by atoms with Crippen molar-refractivity contribution in [1.82, 2.24) is 9.71 Å². The molecule has 0 saturated carbocycles. The first-order valence-corrected chi connectivity index (χ1v) is 11.9. The first-order chi connectivity index (χ1) is 14.2. The maximum Gasteiger partial charge on any atom is 0.239 e. The summed E-state index contributed by atoms with van der Waals surface area (Å²) < 4.78 is 6.40. The first-order valence-electron chi connectivity index (χ1n) is 11.9. The third kappa shape index (κ3) is 12.4. The molecule has 0 saturated heterocycles. The van der Waals surface area contributed by atoms with Gasteiger partial charge in [0.15, 0.2) is 5.49 Å². The summed E-state index contributed by atoms with van der Waals surface area (Å²) in [5.41, 5.74) is 6.14. The van der Waals surface area contributed by atoms with Crippen LogP contribution in [0.25, 0.3) is 0 Å². The zero-order valence-corrected chi connectivity index (χ0v) is 18.9. The highest BCUT2D eigenvalue weighted by atomic mass is 16.5. The minimum absolute atomic E-state index is 0.00288. The summed E-state index contributed by atoms with van der Waals surface area (Å²) in [5, 5.41) is 9.98. The molecule has 0 fully saturated rings. The number of nitrogen functional groups attached to an aromatic ring is 1. The molecule has 6 nitrogen and oxygen atoms in total. The molecule has 1 heterocycles. The Morgan fingerprint density at radius 2 is 1.38 bits per heavy atom. The van der Waals surface area contributed by atoms with E-state index in [1.165, 1.54) is 77.0 Å². The number of nitrogens with zero attached hydrogens (tertiary/aromatic N) is 3. The van der Waals surface area contributed by atoms with Crippen LogP contribution in [-0.4, -0.2) is 28.1 Å². The summed E-state index contributed by atoms with van der Waals surface area (Å²) in [6.07, 6.45) is 19.3. The van der Waals surface area contributed by atoms with Crippen molar-refractivity contribution in [2.45, 2.75) is 110 Å². The van der Waals surface area contributed by atoms with Gasteiger partial charge in [0, 0.05) is 12.6 Å². The van der Waals surface area contributed by atoms with Crippen LogP contribution in [0.5, 0.6) is 5.88 Å². The van der Waals surface area contributed by atoms with Crippen LogP contribution in [0.1, 0.15) is 110 Å². The van der Waals surface area contributed by atoms with Crippen LogP contribution >= 0.6 is 0 Å². The van der Waals surface area contributed by atoms with Crippen LogP contribution in [0.2, 0.25) is 0 Å². The molecule has 0 atom stereocenters. The molecule has 0 radical (unpaired) electrons. The number of hydrogen-bond acceptors (Lipinski definition) is 5. The van der Waals surface area contributed by atoms with Gasteiger partial charge in [-0.3, -0.25) is 4.99 Å². The van der Waals surface area contributed by atoms with Crippen LogP contribution in [-0.2, 0) is 0 Å². The van der Waals surface area contributed by atoms with Gasteiger partial charge in [0.1, 0.15) is 0 Å². The van der Waals surface area contributed by atoms with Gasteiger partial charge in [0.25, 0.3) is 0 Å². The number of ether oxygens (including phenoxy) is 1. The molecule has 0 amide bonds. The van der Waals surface area contributed by atoms with Crippen LogP contribution in [0.4, 0.5) is 5.95 Å². The van der Waals surface area contributed by atoms with Crippen LogP contribution in [0.15, 0.2) is 11.1 Å². The van der Waals surface area contributed by atoms with E-state index in [-0.39, 0.29) is 5.95 Å². The van der Waals surface area contributed by atoms with Gasteiger partial charge in [0.2, 0.25) is 11.8 Å². The van der Waals surface area contributed by atoms with Gasteiger partial charge in [-0.1, -0.05) is 97.3 Å². The third-order valence-corrected chi connectivity index (χ3v) is 5.19. The number of aromatic nitrogens is 2. The van der Waals surface area contributed by atoms with Crippen LogP contribution in [0, 0.1) is 0 Å². The number of rotatable bonds is 18. The van der Waals surface area contributed by atoms with E-state index < -0.39 is 0 Å². The Morgan fingerprint density at radius 1 is 0.862 bits per heavy atom. The van der Waals surface area contributed by atoms with Crippen molar-refractivity contribution in [3.63, 3.8) is 0 Å². The minimum atomic E-state index is 0.00288. The smallest absolute Gasteiger partial charge is 0.239 e. The predicted molar refractivity (Wildman–Crippen MR) is 120 cm³/mol. The van der Waals surface area contributed by atoms with Crippen molar-refractivity contribution in [2.24, 2.45) is 4.99 Å². The van der Waals surface area contributed by atoms with Crippen LogP contribution in [0.3, 0.4) is 0 Å². The molecule has 0 bridgehead atoms. The lowest BCUT2D eigenvalue weighted by atomic mass is 10.0. The first kappa shape index (κ1) is 25.3. The van der Waals surface area contributed by atoms with E-state index in [1.807, 2.05) is 0 Å². The van der Waals surface area contributed by atoms with Gasteiger partial charge < -0.3 is 15.7 Å². The standard InChI is InChI=1S/C23H44N4O2/c1-3-5-7-8-9-10-11-12-13-14-15-16-17-18-25-21-20-22(29-19-6-4-2)26-23(24)27(21)28/h20,28H,3-19H2,1-2H3,(H2,24,26). The SMILES string of the molecule is CCCCCCCCCCCCCCCN=c1cc(OCCCC)nc(N)n1O. The molecule has 1 aromatic rings. The molecule has 0 aliphatic carbocycles. The second-order valence-electron chi connectivity index (χ2n) is 7.95. The number of anilines is 1. The van der Waals surface area contributed by atoms with E-state index in [2.05, 4.69) is 23.8 Å². The lowest BCUT2D eigenvalue weighted by molar-refractivity contribution is 0.171. The maximum atomic E-state index is 9.98. The lowest BCUT2D eigenvalue weighted by Crippen LogP contribution is -2.24. The second kappa shape index (κ2) is 17.2.